The molecule has 1 amide bonds. The van der Waals surface area contributed by atoms with E-state index < -0.39 is 18.4 Å². The second-order valence-corrected chi connectivity index (χ2v) is 7.03. The maximum atomic E-state index is 12.6. The van der Waals surface area contributed by atoms with Gasteiger partial charge in [0.2, 0.25) is 11.0 Å². The Labute approximate surface area is 148 Å². The number of hydrazine groups is 1. The number of carbonyl (C=O) groups excluding carboxylic acids is 2. The number of rotatable bonds is 7. The standard InChI is InChI=1S/C16H18N2O4S2/c1-12(10-24-16(22)13-5-3-2-4-6-13)15(21)18(9-14(19)20)17-7-8-23-11-17/h2-8,12H,9-11H2,1H3,(H,19,20). The molecule has 1 aliphatic rings. The van der Waals surface area contributed by atoms with E-state index in [1.807, 2.05) is 6.07 Å². The summed E-state index contributed by atoms with van der Waals surface area (Å²) in [5.41, 5.74) is 0.586. The zero-order valence-electron chi connectivity index (χ0n) is 13.1. The number of carboxylic acid groups (broad SMARTS) is 1. The highest BCUT2D eigenvalue weighted by atomic mass is 32.2. The van der Waals surface area contributed by atoms with Crippen molar-refractivity contribution >= 4 is 40.5 Å². The molecule has 1 unspecified atom stereocenters. The van der Waals surface area contributed by atoms with Crippen LogP contribution in [0.1, 0.15) is 17.3 Å². The number of hydrogen-bond donors (Lipinski definition) is 1. The summed E-state index contributed by atoms with van der Waals surface area (Å²) in [6, 6.07) is 8.86. The summed E-state index contributed by atoms with van der Waals surface area (Å²) >= 11 is 2.55. The Morgan fingerprint density at radius 1 is 1.33 bits per heavy atom. The first-order chi connectivity index (χ1) is 11.5. The summed E-state index contributed by atoms with van der Waals surface area (Å²) in [4.78, 5) is 35.7. The van der Waals surface area contributed by atoms with E-state index in [-0.39, 0.29) is 11.0 Å². The van der Waals surface area contributed by atoms with Gasteiger partial charge < -0.3 is 5.11 Å². The second-order valence-electron chi connectivity index (χ2n) is 5.18. The quantitative estimate of drug-likeness (QED) is 0.794. The van der Waals surface area contributed by atoms with Gasteiger partial charge >= 0.3 is 5.97 Å². The number of hydrogen-bond acceptors (Lipinski definition) is 6. The van der Waals surface area contributed by atoms with Crippen LogP contribution in [-0.4, -0.2) is 50.3 Å². The Balaban J connectivity index is 1.94. The van der Waals surface area contributed by atoms with E-state index in [4.69, 9.17) is 5.11 Å². The minimum Gasteiger partial charge on any atom is -0.480 e. The monoisotopic (exact) mass is 366 g/mol. The highest BCUT2D eigenvalue weighted by molar-refractivity contribution is 8.14. The van der Waals surface area contributed by atoms with Crippen molar-refractivity contribution in [1.82, 2.24) is 10.0 Å². The van der Waals surface area contributed by atoms with Gasteiger partial charge in [-0.2, -0.15) is 0 Å². The summed E-state index contributed by atoms with van der Waals surface area (Å²) in [5.74, 6) is -1.05. The lowest BCUT2D eigenvalue weighted by molar-refractivity contribution is -0.156. The molecule has 1 aliphatic heterocycles. The van der Waals surface area contributed by atoms with Crippen LogP contribution >= 0.6 is 23.5 Å². The van der Waals surface area contributed by atoms with Gasteiger partial charge in [-0.1, -0.05) is 49.0 Å². The van der Waals surface area contributed by atoms with Crippen molar-refractivity contribution in [3.8, 4) is 0 Å². The van der Waals surface area contributed by atoms with Crippen LogP contribution in [0.15, 0.2) is 41.9 Å². The lowest BCUT2D eigenvalue weighted by atomic mass is 10.2. The molecular weight excluding hydrogens is 348 g/mol. The molecule has 0 fully saturated rings. The molecule has 2 rings (SSSR count). The molecule has 6 nitrogen and oxygen atoms in total. The average molecular weight is 366 g/mol. The topological polar surface area (TPSA) is 77.9 Å². The predicted molar refractivity (Wildman–Crippen MR) is 95.2 cm³/mol. The Hall–Kier alpha value is -1.93. The van der Waals surface area contributed by atoms with Crippen LogP contribution in [0.4, 0.5) is 0 Å². The zero-order valence-corrected chi connectivity index (χ0v) is 14.8. The Bertz CT molecular complexity index is 636. The van der Waals surface area contributed by atoms with E-state index >= 15 is 0 Å². The van der Waals surface area contributed by atoms with E-state index in [0.29, 0.717) is 17.2 Å². The molecule has 0 radical (unpaired) electrons. The van der Waals surface area contributed by atoms with E-state index in [0.717, 1.165) is 11.8 Å². The number of nitrogens with zero attached hydrogens (tertiary/aromatic N) is 2. The SMILES string of the molecule is CC(CSC(=O)c1ccccc1)C(=O)N(CC(=O)O)N1C=CSC1. The van der Waals surface area contributed by atoms with Gasteiger partial charge in [-0.15, -0.1) is 11.8 Å². The van der Waals surface area contributed by atoms with Crippen molar-refractivity contribution in [2.75, 3.05) is 18.2 Å². The molecule has 8 heteroatoms. The van der Waals surface area contributed by atoms with Crippen LogP contribution in [0.5, 0.6) is 0 Å². The third-order valence-electron chi connectivity index (χ3n) is 3.28. The third kappa shape index (κ3) is 5.04. The number of amides is 1. The fraction of sp³-hybridized carbons (Fsp3) is 0.312. The van der Waals surface area contributed by atoms with Crippen molar-refractivity contribution in [3.63, 3.8) is 0 Å². The third-order valence-corrected chi connectivity index (χ3v) is 5.17. The fourth-order valence-corrected chi connectivity index (χ4v) is 3.57. The molecule has 0 saturated carbocycles. The summed E-state index contributed by atoms with van der Waals surface area (Å²) in [7, 11) is 0. The molecule has 24 heavy (non-hydrogen) atoms. The molecule has 1 atom stereocenters. The molecule has 128 valence electrons. The normalized spacial score (nSPS) is 14.5. The molecule has 0 saturated heterocycles. The molecule has 0 aliphatic carbocycles. The Kier molecular flexibility index (Phi) is 6.74. The van der Waals surface area contributed by atoms with Gasteiger partial charge in [0.1, 0.15) is 6.54 Å². The lowest BCUT2D eigenvalue weighted by Crippen LogP contribution is -2.47. The molecule has 0 bridgehead atoms. The summed E-state index contributed by atoms with van der Waals surface area (Å²) in [5, 5.41) is 13.5. The lowest BCUT2D eigenvalue weighted by Gasteiger charge is -2.31. The highest BCUT2D eigenvalue weighted by Crippen LogP contribution is 2.21. The minimum atomic E-state index is -1.08. The van der Waals surface area contributed by atoms with Crippen molar-refractivity contribution in [3.05, 3.63) is 47.5 Å². The van der Waals surface area contributed by atoms with Crippen molar-refractivity contribution in [1.29, 1.82) is 0 Å². The van der Waals surface area contributed by atoms with E-state index in [9.17, 15) is 14.4 Å². The number of benzene rings is 1. The molecular formula is C16H18N2O4S2. The summed E-state index contributed by atoms with van der Waals surface area (Å²) in [6.07, 6.45) is 1.68. The first-order valence-electron chi connectivity index (χ1n) is 7.29. The largest absolute Gasteiger partial charge is 0.480 e. The van der Waals surface area contributed by atoms with Gasteiger partial charge in [-0.05, 0) is 5.41 Å². The van der Waals surface area contributed by atoms with E-state index in [1.165, 1.54) is 16.8 Å². The second kappa shape index (κ2) is 8.79. The molecule has 1 N–H and O–H groups in total. The predicted octanol–water partition coefficient (Wildman–Crippen LogP) is 2.50. The van der Waals surface area contributed by atoms with Crippen molar-refractivity contribution in [2.24, 2.45) is 5.92 Å². The van der Waals surface area contributed by atoms with Crippen molar-refractivity contribution < 1.29 is 19.5 Å². The average Bonchev–Trinajstić information content (AvgIpc) is 3.11. The number of carboxylic acids is 1. The molecule has 1 aromatic rings. The van der Waals surface area contributed by atoms with E-state index in [2.05, 4.69) is 0 Å². The number of carbonyl (C=O) groups is 3. The smallest absolute Gasteiger partial charge is 0.325 e. The summed E-state index contributed by atoms with van der Waals surface area (Å²) in [6.45, 7) is 1.31. The molecule has 1 aromatic carbocycles. The first kappa shape index (κ1) is 18.4. The van der Waals surface area contributed by atoms with Gasteiger partial charge in [0.25, 0.3) is 0 Å². The Morgan fingerprint density at radius 3 is 2.62 bits per heavy atom. The minimum absolute atomic E-state index is 0.100. The maximum absolute atomic E-state index is 12.6. The van der Waals surface area contributed by atoms with E-state index in [1.54, 1.807) is 47.8 Å². The Morgan fingerprint density at radius 2 is 2.04 bits per heavy atom. The number of aliphatic carboxylic acids is 1. The highest BCUT2D eigenvalue weighted by Gasteiger charge is 2.28. The van der Waals surface area contributed by atoms with Crippen LogP contribution in [0.2, 0.25) is 0 Å². The van der Waals surface area contributed by atoms with Crippen molar-refractivity contribution in [2.45, 2.75) is 6.92 Å². The van der Waals surface area contributed by atoms with Gasteiger partial charge in [0.05, 0.1) is 5.88 Å². The molecule has 0 spiro atoms. The van der Waals surface area contributed by atoms with Gasteiger partial charge in [0, 0.05) is 23.4 Å². The maximum Gasteiger partial charge on any atom is 0.325 e. The fourth-order valence-electron chi connectivity index (χ4n) is 2.03. The van der Waals surface area contributed by atoms with Gasteiger partial charge in [-0.25, -0.2) is 5.01 Å². The van der Waals surface area contributed by atoms with Crippen LogP contribution in [0.25, 0.3) is 0 Å². The van der Waals surface area contributed by atoms with Gasteiger partial charge in [-0.3, -0.25) is 19.4 Å². The first-order valence-corrected chi connectivity index (χ1v) is 9.32. The van der Waals surface area contributed by atoms with Gasteiger partial charge in [0.15, 0.2) is 0 Å². The number of thioether (sulfide) groups is 2. The van der Waals surface area contributed by atoms with Crippen LogP contribution in [-0.2, 0) is 9.59 Å². The molecule has 1 heterocycles. The van der Waals surface area contributed by atoms with Crippen LogP contribution in [0.3, 0.4) is 0 Å². The van der Waals surface area contributed by atoms with Crippen LogP contribution in [0, 0.1) is 5.92 Å². The van der Waals surface area contributed by atoms with Crippen LogP contribution < -0.4 is 0 Å². The zero-order chi connectivity index (χ0) is 17.5. The summed E-state index contributed by atoms with van der Waals surface area (Å²) < 4.78 is 0. The molecule has 0 aromatic heterocycles.